The average molecular weight is 690 g/mol. The Morgan fingerprint density at radius 1 is 0.296 bits per heavy atom. The van der Waals surface area contributed by atoms with Crippen molar-refractivity contribution in [1.82, 2.24) is 13.7 Å². The summed E-state index contributed by atoms with van der Waals surface area (Å²) in [6.07, 6.45) is 0. The molecule has 0 atom stereocenters. The molecule has 0 amide bonds. The third-order valence-corrected chi connectivity index (χ3v) is 11.2. The smallest absolute Gasteiger partial charge is 0.213 e. The van der Waals surface area contributed by atoms with Crippen molar-refractivity contribution in [3.63, 3.8) is 0 Å². The Hall–Kier alpha value is -7.30. The normalized spacial score (nSPS) is 12.1. The SMILES string of the molecule is c1ccc(-n2c3cc(-c4ccc5c6c7ccccc7oc6n(-c6ccccc6)c5c4)ccc3c3ccc(-n4c5ccccc5c5ccccc54)cc32)cc1. The largest absolute Gasteiger partial charge is 0.439 e. The molecule has 0 radical (unpaired) electrons. The van der Waals surface area contributed by atoms with Crippen molar-refractivity contribution >= 4 is 76.6 Å². The second kappa shape index (κ2) is 11.1. The second-order valence-corrected chi connectivity index (χ2v) is 14.2. The number of benzene rings is 8. The zero-order chi connectivity index (χ0) is 35.3. The van der Waals surface area contributed by atoms with Gasteiger partial charge < -0.3 is 13.6 Å². The van der Waals surface area contributed by atoms with Gasteiger partial charge in [-0.2, -0.15) is 0 Å². The van der Waals surface area contributed by atoms with E-state index in [2.05, 4.69) is 196 Å². The topological polar surface area (TPSA) is 27.9 Å². The van der Waals surface area contributed by atoms with Gasteiger partial charge in [-0.1, -0.05) is 121 Å². The molecule has 12 rings (SSSR count). The van der Waals surface area contributed by atoms with Crippen LogP contribution in [0.4, 0.5) is 0 Å². The first-order chi connectivity index (χ1) is 26.8. The molecule has 4 aromatic heterocycles. The van der Waals surface area contributed by atoms with E-state index in [-0.39, 0.29) is 0 Å². The standard InChI is InChI=1S/C50H31N3O/c1-3-13-34(14-4-1)51-45-29-32(33-24-27-41-46(30-33)53(35-15-5-2-6-16-35)50-49(41)42-19-9-12-22-48(42)54-50)23-26-39(45)40-28-25-36(31-47(40)51)52-43-20-10-7-17-37(43)38-18-8-11-21-44(38)52/h1-31H. The van der Waals surface area contributed by atoms with Crippen molar-refractivity contribution in [3.8, 4) is 28.2 Å². The number of nitrogens with zero attached hydrogens (tertiary/aromatic N) is 3. The molecule has 4 nitrogen and oxygen atoms in total. The number of furan rings is 1. The van der Waals surface area contributed by atoms with E-state index in [1.807, 2.05) is 6.07 Å². The molecule has 54 heavy (non-hydrogen) atoms. The Balaban J connectivity index is 1.10. The molecule has 0 aliphatic carbocycles. The minimum Gasteiger partial charge on any atom is -0.439 e. The zero-order valence-electron chi connectivity index (χ0n) is 29.1. The van der Waals surface area contributed by atoms with E-state index < -0.39 is 0 Å². The molecule has 0 spiro atoms. The molecule has 0 saturated carbocycles. The number of hydrogen-bond acceptors (Lipinski definition) is 1. The lowest BCUT2D eigenvalue weighted by atomic mass is 10.0. The quantitative estimate of drug-likeness (QED) is 0.181. The van der Waals surface area contributed by atoms with E-state index in [9.17, 15) is 0 Å². The highest BCUT2D eigenvalue weighted by atomic mass is 16.3. The Labute approximate surface area is 309 Å². The zero-order valence-corrected chi connectivity index (χ0v) is 29.1. The van der Waals surface area contributed by atoms with Gasteiger partial charge in [-0.25, -0.2) is 0 Å². The Kier molecular flexibility index (Phi) is 6.02. The molecule has 0 unspecified atom stereocenters. The molecule has 4 heterocycles. The molecule has 0 aliphatic rings. The van der Waals surface area contributed by atoms with Crippen LogP contribution in [-0.2, 0) is 0 Å². The van der Waals surface area contributed by atoms with E-state index in [0.29, 0.717) is 0 Å². The highest BCUT2D eigenvalue weighted by molar-refractivity contribution is 6.20. The van der Waals surface area contributed by atoms with Gasteiger partial charge in [-0.3, -0.25) is 4.57 Å². The summed E-state index contributed by atoms with van der Waals surface area (Å²) in [5.41, 5.74) is 13.3. The summed E-state index contributed by atoms with van der Waals surface area (Å²) in [5, 5.41) is 8.44. The van der Waals surface area contributed by atoms with Gasteiger partial charge in [0.15, 0.2) is 0 Å². The number of rotatable bonds is 4. The molecule has 0 fully saturated rings. The predicted molar refractivity (Wildman–Crippen MR) is 225 cm³/mol. The summed E-state index contributed by atoms with van der Waals surface area (Å²) >= 11 is 0. The summed E-state index contributed by atoms with van der Waals surface area (Å²) in [6.45, 7) is 0. The number of aromatic nitrogens is 3. The third-order valence-electron chi connectivity index (χ3n) is 11.2. The van der Waals surface area contributed by atoms with Gasteiger partial charge in [-0.05, 0) is 77.9 Å². The fraction of sp³-hybridized carbons (Fsp3) is 0. The van der Waals surface area contributed by atoms with Crippen molar-refractivity contribution < 1.29 is 4.42 Å². The fourth-order valence-corrected chi connectivity index (χ4v) is 8.88. The lowest BCUT2D eigenvalue weighted by molar-refractivity contribution is 0.645. The van der Waals surface area contributed by atoms with Gasteiger partial charge in [0.1, 0.15) is 5.58 Å². The van der Waals surface area contributed by atoms with Gasteiger partial charge in [0, 0.05) is 49.4 Å². The number of para-hydroxylation sites is 5. The molecule has 4 heteroatoms. The van der Waals surface area contributed by atoms with E-state index in [1.54, 1.807) is 0 Å². The van der Waals surface area contributed by atoms with E-state index in [1.165, 1.54) is 49.0 Å². The Bertz CT molecular complexity index is 3380. The summed E-state index contributed by atoms with van der Waals surface area (Å²) < 4.78 is 13.7. The first kappa shape index (κ1) is 29.3. The number of fused-ring (bicyclic) bond motifs is 11. The summed E-state index contributed by atoms with van der Waals surface area (Å²) in [7, 11) is 0. The first-order valence-corrected chi connectivity index (χ1v) is 18.4. The monoisotopic (exact) mass is 689 g/mol. The highest BCUT2D eigenvalue weighted by Gasteiger charge is 2.21. The molecule has 0 aliphatic heterocycles. The van der Waals surface area contributed by atoms with Gasteiger partial charge in [-0.15, -0.1) is 0 Å². The molecule has 8 aromatic carbocycles. The van der Waals surface area contributed by atoms with Crippen LogP contribution in [0.5, 0.6) is 0 Å². The minimum atomic E-state index is 0.869. The maximum absolute atomic E-state index is 6.57. The maximum atomic E-state index is 6.57. The van der Waals surface area contributed by atoms with Crippen LogP contribution in [0.1, 0.15) is 0 Å². The third kappa shape index (κ3) is 4.08. The summed E-state index contributed by atoms with van der Waals surface area (Å²) in [5.74, 6) is 0. The van der Waals surface area contributed by atoms with Crippen molar-refractivity contribution in [1.29, 1.82) is 0 Å². The summed E-state index contributed by atoms with van der Waals surface area (Å²) in [6, 6.07) is 67.7. The van der Waals surface area contributed by atoms with Crippen LogP contribution in [0.25, 0.3) is 105 Å². The lowest BCUT2D eigenvalue weighted by Crippen LogP contribution is -1.97. The van der Waals surface area contributed by atoms with Gasteiger partial charge in [0.05, 0.1) is 33.0 Å². The van der Waals surface area contributed by atoms with E-state index >= 15 is 0 Å². The van der Waals surface area contributed by atoms with Gasteiger partial charge >= 0.3 is 0 Å². The Morgan fingerprint density at radius 3 is 1.43 bits per heavy atom. The maximum Gasteiger partial charge on any atom is 0.213 e. The van der Waals surface area contributed by atoms with Crippen LogP contribution in [0.15, 0.2) is 192 Å². The van der Waals surface area contributed by atoms with Crippen molar-refractivity contribution in [2.45, 2.75) is 0 Å². The molecule has 0 N–H and O–H groups in total. The van der Waals surface area contributed by atoms with Crippen LogP contribution < -0.4 is 0 Å². The summed E-state index contributed by atoms with van der Waals surface area (Å²) in [4.78, 5) is 0. The van der Waals surface area contributed by atoms with E-state index in [4.69, 9.17) is 4.42 Å². The molecule has 12 aromatic rings. The van der Waals surface area contributed by atoms with Crippen molar-refractivity contribution in [2.24, 2.45) is 0 Å². The molecular weight excluding hydrogens is 659 g/mol. The molecular formula is C50H31N3O. The van der Waals surface area contributed by atoms with Crippen molar-refractivity contribution in [2.75, 3.05) is 0 Å². The second-order valence-electron chi connectivity index (χ2n) is 14.2. The van der Waals surface area contributed by atoms with E-state index in [0.717, 1.165) is 55.8 Å². The molecule has 0 bridgehead atoms. The van der Waals surface area contributed by atoms with Gasteiger partial charge in [0.2, 0.25) is 5.71 Å². The van der Waals surface area contributed by atoms with Crippen LogP contribution >= 0.6 is 0 Å². The predicted octanol–water partition coefficient (Wildman–Crippen LogP) is 13.4. The van der Waals surface area contributed by atoms with Crippen LogP contribution in [0.3, 0.4) is 0 Å². The fourth-order valence-electron chi connectivity index (χ4n) is 8.88. The average Bonchev–Trinajstić information content (AvgIpc) is 3.96. The van der Waals surface area contributed by atoms with Crippen LogP contribution in [0.2, 0.25) is 0 Å². The first-order valence-electron chi connectivity index (χ1n) is 18.4. The highest BCUT2D eigenvalue weighted by Crippen LogP contribution is 2.42. The van der Waals surface area contributed by atoms with Gasteiger partial charge in [0.25, 0.3) is 0 Å². The van der Waals surface area contributed by atoms with Crippen LogP contribution in [-0.4, -0.2) is 13.7 Å². The Morgan fingerprint density at radius 2 is 0.759 bits per heavy atom. The van der Waals surface area contributed by atoms with Crippen molar-refractivity contribution in [3.05, 3.63) is 188 Å². The molecule has 0 saturated heterocycles. The van der Waals surface area contributed by atoms with Crippen LogP contribution in [0, 0.1) is 0 Å². The minimum absolute atomic E-state index is 0.869. The molecule has 252 valence electrons. The lowest BCUT2D eigenvalue weighted by Gasteiger charge is -2.12. The number of hydrogen-bond donors (Lipinski definition) is 0.